The monoisotopic (exact) mass is 383 g/mol. The lowest BCUT2D eigenvalue weighted by atomic mass is 9.96. The first kappa shape index (κ1) is 19.7. The summed E-state index contributed by atoms with van der Waals surface area (Å²) in [6.45, 7) is -4.90. The maximum absolute atomic E-state index is 13.0. The lowest BCUT2D eigenvalue weighted by molar-refractivity contribution is -0.187. The highest BCUT2D eigenvalue weighted by atomic mass is 19.4. The molecule has 0 aliphatic carbocycles. The summed E-state index contributed by atoms with van der Waals surface area (Å²) in [7, 11) is 1.14. The Morgan fingerprint density at radius 2 is 1.92 bits per heavy atom. The molecule has 0 unspecified atom stereocenters. The Hall–Kier alpha value is -2.59. The lowest BCUT2D eigenvalue weighted by Crippen LogP contribution is -2.34. The fourth-order valence-corrected chi connectivity index (χ4v) is 2.78. The SMILES string of the molecule is COc1cccc(C(=O)N2C[C@@H](C(F)(F)F)[C@H](C(=O)O)C2)c1OC(F)F. The Morgan fingerprint density at radius 3 is 2.38 bits per heavy atom. The number of ether oxygens (including phenoxy) is 2. The first-order valence-corrected chi connectivity index (χ1v) is 7.26. The number of para-hydroxylation sites is 1. The van der Waals surface area contributed by atoms with Crippen LogP contribution in [0.4, 0.5) is 22.0 Å². The zero-order valence-electron chi connectivity index (χ0n) is 13.3. The van der Waals surface area contributed by atoms with Crippen LogP contribution in [0.5, 0.6) is 11.5 Å². The first-order valence-electron chi connectivity index (χ1n) is 7.26. The van der Waals surface area contributed by atoms with Gasteiger partial charge in [0.2, 0.25) is 0 Å². The van der Waals surface area contributed by atoms with Gasteiger partial charge in [0.25, 0.3) is 5.91 Å². The number of carboxylic acid groups (broad SMARTS) is 1. The minimum atomic E-state index is -4.82. The van der Waals surface area contributed by atoms with E-state index < -0.39 is 60.9 Å². The van der Waals surface area contributed by atoms with Crippen molar-refractivity contribution in [2.45, 2.75) is 12.8 Å². The molecule has 2 atom stereocenters. The van der Waals surface area contributed by atoms with Crippen LogP contribution in [0.1, 0.15) is 10.4 Å². The minimum Gasteiger partial charge on any atom is -0.493 e. The molecule has 11 heteroatoms. The van der Waals surface area contributed by atoms with Gasteiger partial charge in [0.1, 0.15) is 0 Å². The summed E-state index contributed by atoms with van der Waals surface area (Å²) < 4.78 is 73.4. The topological polar surface area (TPSA) is 76.1 Å². The largest absolute Gasteiger partial charge is 0.493 e. The maximum Gasteiger partial charge on any atom is 0.394 e. The van der Waals surface area contributed by atoms with Crippen LogP contribution < -0.4 is 9.47 Å². The second-order valence-corrected chi connectivity index (χ2v) is 5.52. The number of halogens is 5. The van der Waals surface area contributed by atoms with E-state index in [0.29, 0.717) is 4.90 Å². The average molecular weight is 383 g/mol. The number of carbonyl (C=O) groups excluding carboxylic acids is 1. The zero-order valence-corrected chi connectivity index (χ0v) is 13.3. The molecule has 1 aromatic carbocycles. The van der Waals surface area contributed by atoms with E-state index in [9.17, 15) is 31.5 Å². The number of hydrogen-bond acceptors (Lipinski definition) is 4. The number of likely N-dealkylation sites (tertiary alicyclic amines) is 1. The fourth-order valence-electron chi connectivity index (χ4n) is 2.78. The summed E-state index contributed by atoms with van der Waals surface area (Å²) in [5.74, 6) is -7.69. The van der Waals surface area contributed by atoms with Gasteiger partial charge in [-0.1, -0.05) is 6.07 Å². The van der Waals surface area contributed by atoms with Crippen LogP contribution in [-0.2, 0) is 4.79 Å². The number of carboxylic acids is 1. The third-order valence-corrected chi connectivity index (χ3v) is 3.98. The lowest BCUT2D eigenvalue weighted by Gasteiger charge is -2.20. The van der Waals surface area contributed by atoms with Gasteiger partial charge >= 0.3 is 18.8 Å². The number of amides is 1. The van der Waals surface area contributed by atoms with Crippen LogP contribution in [-0.4, -0.2) is 54.9 Å². The molecule has 26 heavy (non-hydrogen) atoms. The molecule has 1 amide bonds. The van der Waals surface area contributed by atoms with E-state index in [0.717, 1.165) is 13.2 Å². The Morgan fingerprint density at radius 1 is 1.27 bits per heavy atom. The van der Waals surface area contributed by atoms with Gasteiger partial charge < -0.3 is 19.5 Å². The maximum atomic E-state index is 13.0. The van der Waals surface area contributed by atoms with Gasteiger partial charge in [-0.25, -0.2) is 0 Å². The summed E-state index contributed by atoms with van der Waals surface area (Å²) in [4.78, 5) is 24.3. The molecule has 1 heterocycles. The summed E-state index contributed by atoms with van der Waals surface area (Å²) >= 11 is 0. The molecule has 144 valence electrons. The number of alkyl halides is 5. The standard InChI is InChI=1S/C15H14F5NO5/c1-25-10-4-2-3-7(11(10)26-14(16)17)12(22)21-5-8(13(23)24)9(6-21)15(18,19)20/h2-4,8-9,14H,5-6H2,1H3,(H,23,24)/t8-,9-/m1/s1. The van der Waals surface area contributed by atoms with E-state index in [2.05, 4.69) is 4.74 Å². The molecule has 0 bridgehead atoms. The second-order valence-electron chi connectivity index (χ2n) is 5.52. The number of benzene rings is 1. The number of rotatable bonds is 5. The average Bonchev–Trinajstić information content (AvgIpc) is 2.99. The highest BCUT2D eigenvalue weighted by Gasteiger charge is 2.53. The Labute approximate surface area is 144 Å². The van der Waals surface area contributed by atoms with Crippen LogP contribution in [0.15, 0.2) is 18.2 Å². The molecule has 1 fully saturated rings. The molecule has 1 aliphatic heterocycles. The predicted octanol–water partition coefficient (Wildman–Crippen LogP) is 2.63. The molecule has 1 aromatic rings. The Kier molecular flexibility index (Phi) is 5.57. The van der Waals surface area contributed by atoms with Crippen LogP contribution in [0.2, 0.25) is 0 Å². The molecular formula is C15H14F5NO5. The minimum absolute atomic E-state index is 0.211. The van der Waals surface area contributed by atoms with Gasteiger partial charge in [-0.15, -0.1) is 0 Å². The second kappa shape index (κ2) is 7.34. The van der Waals surface area contributed by atoms with Gasteiger partial charge in [0.05, 0.1) is 24.5 Å². The van der Waals surface area contributed by atoms with Gasteiger partial charge in [-0.2, -0.15) is 22.0 Å². The molecule has 2 rings (SSSR count). The first-order chi connectivity index (χ1) is 12.1. The molecule has 6 nitrogen and oxygen atoms in total. The van der Waals surface area contributed by atoms with Gasteiger partial charge in [-0.3, -0.25) is 9.59 Å². The van der Waals surface area contributed by atoms with Crippen molar-refractivity contribution >= 4 is 11.9 Å². The number of carbonyl (C=O) groups is 2. The highest BCUT2D eigenvalue weighted by molar-refractivity contribution is 5.98. The van der Waals surface area contributed by atoms with Crippen molar-refractivity contribution in [2.24, 2.45) is 11.8 Å². The van der Waals surface area contributed by atoms with Crippen molar-refractivity contribution in [3.05, 3.63) is 23.8 Å². The molecule has 0 radical (unpaired) electrons. The number of methoxy groups -OCH3 is 1. The van der Waals surface area contributed by atoms with Crippen molar-refractivity contribution in [1.29, 1.82) is 0 Å². The van der Waals surface area contributed by atoms with E-state index in [1.165, 1.54) is 12.1 Å². The molecule has 0 spiro atoms. The molecule has 1 aliphatic rings. The van der Waals surface area contributed by atoms with E-state index in [1.807, 2.05) is 0 Å². The van der Waals surface area contributed by atoms with Crippen molar-refractivity contribution in [2.75, 3.05) is 20.2 Å². The highest BCUT2D eigenvalue weighted by Crippen LogP contribution is 2.40. The zero-order chi connectivity index (χ0) is 19.6. The van der Waals surface area contributed by atoms with Crippen molar-refractivity contribution in [1.82, 2.24) is 4.90 Å². The van der Waals surface area contributed by atoms with E-state index >= 15 is 0 Å². The van der Waals surface area contributed by atoms with Gasteiger partial charge in [0.15, 0.2) is 11.5 Å². The normalized spacial score (nSPS) is 20.3. The summed E-state index contributed by atoms with van der Waals surface area (Å²) in [5.41, 5.74) is -0.448. The van der Waals surface area contributed by atoms with Crippen LogP contribution in [0.25, 0.3) is 0 Å². The van der Waals surface area contributed by atoms with Crippen LogP contribution in [0, 0.1) is 11.8 Å². The fraction of sp³-hybridized carbons (Fsp3) is 0.467. The van der Waals surface area contributed by atoms with Crippen molar-refractivity contribution < 1.29 is 46.1 Å². The smallest absolute Gasteiger partial charge is 0.394 e. The molecular weight excluding hydrogens is 369 g/mol. The molecule has 0 aromatic heterocycles. The number of nitrogens with zero attached hydrogens (tertiary/aromatic N) is 1. The summed E-state index contributed by atoms with van der Waals surface area (Å²) in [6.07, 6.45) is -4.82. The summed E-state index contributed by atoms with van der Waals surface area (Å²) in [5, 5.41) is 8.99. The molecule has 1 N–H and O–H groups in total. The quantitative estimate of drug-likeness (QED) is 0.792. The number of hydrogen-bond donors (Lipinski definition) is 1. The third kappa shape index (κ3) is 3.97. The number of aliphatic carboxylic acids is 1. The van der Waals surface area contributed by atoms with Crippen LogP contribution >= 0.6 is 0 Å². The summed E-state index contributed by atoms with van der Waals surface area (Å²) in [6, 6.07) is 3.59. The van der Waals surface area contributed by atoms with Crippen molar-refractivity contribution in [3.8, 4) is 11.5 Å². The molecule has 0 saturated carbocycles. The molecule has 1 saturated heterocycles. The Balaban J connectivity index is 2.36. The van der Waals surface area contributed by atoms with Crippen LogP contribution in [0.3, 0.4) is 0 Å². The predicted molar refractivity (Wildman–Crippen MR) is 76.2 cm³/mol. The van der Waals surface area contributed by atoms with E-state index in [4.69, 9.17) is 9.84 Å². The van der Waals surface area contributed by atoms with Gasteiger partial charge in [-0.05, 0) is 12.1 Å². The Bertz CT molecular complexity index is 693. The van der Waals surface area contributed by atoms with E-state index in [1.54, 1.807) is 0 Å². The van der Waals surface area contributed by atoms with Crippen molar-refractivity contribution in [3.63, 3.8) is 0 Å². The third-order valence-electron chi connectivity index (χ3n) is 3.98. The van der Waals surface area contributed by atoms with E-state index in [-0.39, 0.29) is 5.75 Å². The van der Waals surface area contributed by atoms with Gasteiger partial charge in [0, 0.05) is 13.1 Å².